The minimum atomic E-state index is 0.0529. The summed E-state index contributed by atoms with van der Waals surface area (Å²) in [5.41, 5.74) is 0.0529. The lowest BCUT2D eigenvalue weighted by molar-refractivity contribution is -0.870. The molecule has 0 N–H and O–H groups in total. The van der Waals surface area contributed by atoms with Crippen molar-refractivity contribution in [2.45, 2.75) is 12.8 Å². The smallest absolute Gasteiger partial charge is 0.196 e. The first-order valence-electron chi connectivity index (χ1n) is 10.9. The topological polar surface area (TPSA) is 35.5 Å². The first kappa shape index (κ1) is 23.5. The zero-order valence-electron chi connectivity index (χ0n) is 19.7. The van der Waals surface area contributed by atoms with Crippen molar-refractivity contribution >= 4 is 31.5 Å². The number of nitrogens with zero attached hydrogens (tertiary/aromatic N) is 2. The first-order chi connectivity index (χ1) is 14.5. The quantitative estimate of drug-likeness (QED) is 0.265. The van der Waals surface area contributed by atoms with Crippen LogP contribution in [-0.4, -0.2) is 77.6 Å². The molecular formula is C25H36N2O3S+2. The van der Waals surface area contributed by atoms with Gasteiger partial charge in [0.15, 0.2) is 5.43 Å². The van der Waals surface area contributed by atoms with Crippen molar-refractivity contribution in [1.82, 2.24) is 0 Å². The second kappa shape index (κ2) is 9.55. The SMILES string of the molecule is C[N+](C)(C)CCCOc1ccc2c(=O)c3cc(OCCC[N+](C)(C)C)ccc3sc2c1. The van der Waals surface area contributed by atoms with Crippen molar-refractivity contribution in [2.75, 3.05) is 68.6 Å². The van der Waals surface area contributed by atoms with Crippen LogP contribution in [-0.2, 0) is 0 Å². The highest BCUT2D eigenvalue weighted by Crippen LogP contribution is 2.30. The molecule has 0 saturated heterocycles. The van der Waals surface area contributed by atoms with Crippen molar-refractivity contribution in [1.29, 1.82) is 0 Å². The van der Waals surface area contributed by atoms with Crippen LogP contribution in [0.4, 0.5) is 0 Å². The Morgan fingerprint density at radius 1 is 0.710 bits per heavy atom. The number of hydrogen-bond acceptors (Lipinski definition) is 4. The molecule has 31 heavy (non-hydrogen) atoms. The molecule has 3 aromatic rings. The molecule has 0 amide bonds. The number of quaternary nitrogens is 2. The standard InChI is InChI=1S/C25H36N2O3S/c1-26(2,3)13-7-15-29-19-10-12-23-22(17-19)25(28)21-11-9-20(18-24(21)31-23)30-16-8-14-27(4,5)6/h9-12,17-18H,7-8,13-16H2,1-6H3/q+2. The molecule has 0 fully saturated rings. The van der Waals surface area contributed by atoms with Crippen LogP contribution in [0.2, 0.25) is 0 Å². The van der Waals surface area contributed by atoms with Crippen LogP contribution in [0.5, 0.6) is 11.5 Å². The molecule has 0 aliphatic rings. The van der Waals surface area contributed by atoms with E-state index in [1.54, 1.807) is 11.3 Å². The molecule has 0 unspecified atom stereocenters. The van der Waals surface area contributed by atoms with E-state index in [2.05, 4.69) is 42.3 Å². The van der Waals surface area contributed by atoms with E-state index < -0.39 is 0 Å². The Morgan fingerprint density at radius 2 is 1.26 bits per heavy atom. The normalized spacial score (nSPS) is 12.5. The number of rotatable bonds is 10. The summed E-state index contributed by atoms with van der Waals surface area (Å²) in [6.07, 6.45) is 1.97. The van der Waals surface area contributed by atoms with Crippen LogP contribution < -0.4 is 14.9 Å². The second-order valence-corrected chi connectivity index (χ2v) is 11.3. The van der Waals surface area contributed by atoms with Crippen LogP contribution in [0, 0.1) is 0 Å². The van der Waals surface area contributed by atoms with Gasteiger partial charge in [-0.1, -0.05) is 0 Å². The molecule has 2 aromatic carbocycles. The Balaban J connectivity index is 1.73. The summed E-state index contributed by atoms with van der Waals surface area (Å²) < 4.78 is 15.6. The predicted octanol–water partition coefficient (Wildman–Crippen LogP) is 4.36. The Hall–Kier alpha value is -2.15. The van der Waals surface area contributed by atoms with Crippen molar-refractivity contribution < 1.29 is 18.4 Å². The van der Waals surface area contributed by atoms with Gasteiger partial charge in [-0.3, -0.25) is 4.79 Å². The molecule has 1 aromatic heterocycles. The fourth-order valence-corrected chi connectivity index (χ4v) is 4.53. The summed E-state index contributed by atoms with van der Waals surface area (Å²) in [4.78, 5) is 13.1. The van der Waals surface area contributed by atoms with Crippen molar-refractivity contribution in [2.24, 2.45) is 0 Å². The van der Waals surface area contributed by atoms with Gasteiger partial charge in [0.1, 0.15) is 11.5 Å². The molecule has 0 aliphatic heterocycles. The minimum absolute atomic E-state index is 0.0529. The summed E-state index contributed by atoms with van der Waals surface area (Å²) >= 11 is 1.62. The molecule has 0 saturated carbocycles. The second-order valence-electron chi connectivity index (χ2n) is 10.2. The van der Waals surface area contributed by atoms with Gasteiger partial charge in [0.05, 0.1) is 68.6 Å². The highest BCUT2D eigenvalue weighted by molar-refractivity contribution is 7.24. The third-order valence-corrected chi connectivity index (χ3v) is 6.23. The van der Waals surface area contributed by atoms with Gasteiger partial charge in [0.25, 0.3) is 0 Å². The zero-order valence-corrected chi connectivity index (χ0v) is 20.6. The average Bonchev–Trinajstić information content (AvgIpc) is 2.67. The van der Waals surface area contributed by atoms with Gasteiger partial charge in [0.2, 0.25) is 0 Å². The maximum atomic E-state index is 13.1. The molecule has 1 heterocycles. The van der Waals surface area contributed by atoms with E-state index in [-0.39, 0.29) is 5.43 Å². The lowest BCUT2D eigenvalue weighted by Gasteiger charge is -2.23. The molecule has 5 nitrogen and oxygen atoms in total. The molecule has 3 rings (SSSR count). The molecule has 0 radical (unpaired) electrons. The van der Waals surface area contributed by atoms with E-state index >= 15 is 0 Å². The fraction of sp³-hybridized carbons (Fsp3) is 0.480. The Labute approximate surface area is 189 Å². The Kier molecular flexibility index (Phi) is 7.24. The molecular weight excluding hydrogens is 408 g/mol. The van der Waals surface area contributed by atoms with Crippen LogP contribution in [0.25, 0.3) is 20.2 Å². The third-order valence-electron chi connectivity index (χ3n) is 5.10. The maximum absolute atomic E-state index is 13.1. The van der Waals surface area contributed by atoms with Gasteiger partial charge >= 0.3 is 0 Å². The highest BCUT2D eigenvalue weighted by Gasteiger charge is 2.11. The molecule has 0 spiro atoms. The minimum Gasteiger partial charge on any atom is -0.493 e. The maximum Gasteiger partial charge on any atom is 0.196 e. The van der Waals surface area contributed by atoms with E-state index in [1.165, 1.54) is 0 Å². The number of hydrogen-bond donors (Lipinski definition) is 0. The first-order valence-corrected chi connectivity index (χ1v) is 11.7. The molecule has 6 heteroatoms. The zero-order chi connectivity index (χ0) is 22.6. The van der Waals surface area contributed by atoms with Gasteiger partial charge in [-0.15, -0.1) is 11.3 Å². The van der Waals surface area contributed by atoms with E-state index in [1.807, 2.05) is 36.4 Å². The van der Waals surface area contributed by atoms with Gasteiger partial charge in [-0.25, -0.2) is 0 Å². The van der Waals surface area contributed by atoms with Crippen LogP contribution >= 0.6 is 11.3 Å². The molecule has 0 atom stereocenters. The summed E-state index contributed by atoms with van der Waals surface area (Å²) in [5.74, 6) is 1.58. The van der Waals surface area contributed by atoms with Crippen molar-refractivity contribution in [3.05, 3.63) is 46.6 Å². The summed E-state index contributed by atoms with van der Waals surface area (Å²) in [6, 6.07) is 11.6. The summed E-state index contributed by atoms with van der Waals surface area (Å²) in [7, 11) is 13.1. The van der Waals surface area contributed by atoms with Gasteiger partial charge < -0.3 is 18.4 Å². The lowest BCUT2D eigenvalue weighted by atomic mass is 10.1. The van der Waals surface area contributed by atoms with Crippen molar-refractivity contribution in [3.63, 3.8) is 0 Å². The average molecular weight is 445 g/mol. The monoisotopic (exact) mass is 444 g/mol. The van der Waals surface area contributed by atoms with Crippen molar-refractivity contribution in [3.8, 4) is 11.5 Å². The van der Waals surface area contributed by atoms with Gasteiger partial charge in [-0.2, -0.15) is 0 Å². The summed E-state index contributed by atoms with van der Waals surface area (Å²) in [5, 5.41) is 1.46. The Morgan fingerprint density at radius 3 is 1.84 bits per heavy atom. The third kappa shape index (κ3) is 6.92. The van der Waals surface area contributed by atoms with Gasteiger partial charge in [0, 0.05) is 33.0 Å². The van der Waals surface area contributed by atoms with Crippen LogP contribution in [0.3, 0.4) is 0 Å². The number of ether oxygens (including phenoxy) is 2. The van der Waals surface area contributed by atoms with E-state index in [0.717, 1.165) is 66.6 Å². The van der Waals surface area contributed by atoms with Crippen LogP contribution in [0.15, 0.2) is 41.2 Å². The number of fused-ring (bicyclic) bond motifs is 2. The predicted molar refractivity (Wildman–Crippen MR) is 132 cm³/mol. The van der Waals surface area contributed by atoms with E-state index in [9.17, 15) is 4.79 Å². The number of benzene rings is 2. The highest BCUT2D eigenvalue weighted by atomic mass is 32.1. The van der Waals surface area contributed by atoms with Crippen LogP contribution in [0.1, 0.15) is 12.8 Å². The van der Waals surface area contributed by atoms with Gasteiger partial charge in [-0.05, 0) is 36.4 Å². The van der Waals surface area contributed by atoms with E-state index in [4.69, 9.17) is 9.47 Å². The lowest BCUT2D eigenvalue weighted by Crippen LogP contribution is -2.36. The summed E-state index contributed by atoms with van der Waals surface area (Å²) in [6.45, 7) is 3.44. The molecule has 0 bridgehead atoms. The Bertz CT molecular complexity index is 1090. The van der Waals surface area contributed by atoms with E-state index in [0.29, 0.717) is 13.2 Å². The molecule has 0 aliphatic carbocycles. The fourth-order valence-electron chi connectivity index (χ4n) is 3.45. The molecule has 168 valence electrons. The largest absolute Gasteiger partial charge is 0.493 e.